The van der Waals surface area contributed by atoms with Crippen LogP contribution in [0, 0.1) is 12.7 Å². The van der Waals surface area contributed by atoms with E-state index in [1.807, 2.05) is 61.0 Å². The Labute approximate surface area is 135 Å². The molecule has 3 aromatic rings. The zero-order chi connectivity index (χ0) is 16.4. The number of aromatic nitrogens is 1. The predicted octanol–water partition coefficient (Wildman–Crippen LogP) is 4.29. The first kappa shape index (κ1) is 15.2. The summed E-state index contributed by atoms with van der Waals surface area (Å²) in [6.07, 6.45) is 0.464. The SMILES string of the molecule is Cc1cc(Cc2ccccc2F)n(C)c1C(=O)c1ccccc1. The molecule has 3 heteroatoms. The van der Waals surface area contributed by atoms with Gasteiger partial charge in [-0.3, -0.25) is 4.79 Å². The van der Waals surface area contributed by atoms with Crippen molar-refractivity contribution in [1.29, 1.82) is 0 Å². The van der Waals surface area contributed by atoms with Gasteiger partial charge in [-0.1, -0.05) is 48.5 Å². The van der Waals surface area contributed by atoms with Crippen molar-refractivity contribution < 1.29 is 9.18 Å². The van der Waals surface area contributed by atoms with Crippen LogP contribution in [0.5, 0.6) is 0 Å². The van der Waals surface area contributed by atoms with Gasteiger partial charge >= 0.3 is 0 Å². The number of aryl methyl sites for hydroxylation is 1. The molecule has 0 unspecified atom stereocenters. The second-order valence-corrected chi connectivity index (χ2v) is 5.69. The van der Waals surface area contributed by atoms with Crippen LogP contribution in [0.3, 0.4) is 0 Å². The van der Waals surface area contributed by atoms with Crippen molar-refractivity contribution in [2.75, 3.05) is 0 Å². The molecule has 1 aromatic heterocycles. The van der Waals surface area contributed by atoms with Gasteiger partial charge in [-0.15, -0.1) is 0 Å². The minimum absolute atomic E-state index is 0.00890. The lowest BCUT2D eigenvalue weighted by atomic mass is 10.1. The Morgan fingerprint density at radius 3 is 2.39 bits per heavy atom. The molecule has 0 amide bonds. The monoisotopic (exact) mass is 307 g/mol. The number of hydrogen-bond donors (Lipinski definition) is 0. The fourth-order valence-corrected chi connectivity index (χ4v) is 2.89. The van der Waals surface area contributed by atoms with Crippen LogP contribution < -0.4 is 0 Å². The van der Waals surface area contributed by atoms with Gasteiger partial charge in [0.05, 0.1) is 5.69 Å². The van der Waals surface area contributed by atoms with Gasteiger partial charge in [-0.05, 0) is 30.2 Å². The first-order valence-electron chi connectivity index (χ1n) is 7.56. The average molecular weight is 307 g/mol. The molecule has 116 valence electrons. The van der Waals surface area contributed by atoms with E-state index in [-0.39, 0.29) is 11.6 Å². The molecule has 0 N–H and O–H groups in total. The zero-order valence-corrected chi connectivity index (χ0v) is 13.2. The Bertz CT molecular complexity index is 849. The summed E-state index contributed by atoms with van der Waals surface area (Å²) < 4.78 is 15.7. The highest BCUT2D eigenvalue weighted by Crippen LogP contribution is 2.21. The molecule has 0 radical (unpaired) electrons. The summed E-state index contributed by atoms with van der Waals surface area (Å²) in [7, 11) is 1.86. The maximum Gasteiger partial charge on any atom is 0.209 e. The van der Waals surface area contributed by atoms with E-state index in [0.29, 0.717) is 23.2 Å². The van der Waals surface area contributed by atoms with Crippen molar-refractivity contribution in [3.8, 4) is 0 Å². The number of hydrogen-bond acceptors (Lipinski definition) is 1. The number of carbonyl (C=O) groups excluding carboxylic acids is 1. The quantitative estimate of drug-likeness (QED) is 0.659. The molecule has 0 aliphatic carbocycles. The Kier molecular flexibility index (Phi) is 4.11. The van der Waals surface area contributed by atoms with Gasteiger partial charge in [-0.2, -0.15) is 0 Å². The number of rotatable bonds is 4. The van der Waals surface area contributed by atoms with Crippen LogP contribution in [0.25, 0.3) is 0 Å². The lowest BCUT2D eigenvalue weighted by molar-refractivity contribution is 0.103. The lowest BCUT2D eigenvalue weighted by Gasteiger charge is -2.09. The van der Waals surface area contributed by atoms with Crippen LogP contribution in [0.4, 0.5) is 4.39 Å². The van der Waals surface area contributed by atoms with Crippen molar-refractivity contribution in [1.82, 2.24) is 4.57 Å². The first-order chi connectivity index (χ1) is 11.1. The molecule has 2 nitrogen and oxygen atoms in total. The highest BCUT2D eigenvalue weighted by Gasteiger charge is 2.18. The average Bonchev–Trinajstić information content (AvgIpc) is 2.84. The van der Waals surface area contributed by atoms with Crippen LogP contribution in [0.2, 0.25) is 0 Å². The molecule has 0 aliphatic rings. The molecule has 1 heterocycles. The van der Waals surface area contributed by atoms with Gasteiger partial charge in [-0.25, -0.2) is 4.39 Å². The Hall–Kier alpha value is -2.68. The summed E-state index contributed by atoms with van der Waals surface area (Å²) >= 11 is 0. The molecule has 0 fully saturated rings. The Balaban J connectivity index is 1.97. The maximum atomic E-state index is 13.9. The molecular weight excluding hydrogens is 289 g/mol. The van der Waals surface area contributed by atoms with Crippen molar-refractivity contribution in [2.24, 2.45) is 7.05 Å². The lowest BCUT2D eigenvalue weighted by Crippen LogP contribution is -2.10. The third-order valence-electron chi connectivity index (χ3n) is 4.10. The van der Waals surface area contributed by atoms with E-state index in [1.165, 1.54) is 6.07 Å². The van der Waals surface area contributed by atoms with Crippen molar-refractivity contribution in [3.05, 3.63) is 94.6 Å². The predicted molar refractivity (Wildman–Crippen MR) is 89.2 cm³/mol. The number of ketones is 1. The van der Waals surface area contributed by atoms with E-state index in [9.17, 15) is 9.18 Å². The molecule has 3 rings (SSSR count). The van der Waals surface area contributed by atoms with Gasteiger partial charge in [0.15, 0.2) is 0 Å². The second kappa shape index (κ2) is 6.21. The van der Waals surface area contributed by atoms with E-state index in [2.05, 4.69) is 0 Å². The van der Waals surface area contributed by atoms with E-state index in [1.54, 1.807) is 12.1 Å². The largest absolute Gasteiger partial charge is 0.344 e. The second-order valence-electron chi connectivity index (χ2n) is 5.69. The van der Waals surface area contributed by atoms with Crippen molar-refractivity contribution in [2.45, 2.75) is 13.3 Å². The normalized spacial score (nSPS) is 10.7. The fourth-order valence-electron chi connectivity index (χ4n) is 2.89. The molecule has 0 spiro atoms. The summed E-state index contributed by atoms with van der Waals surface area (Å²) in [5, 5.41) is 0. The molecule has 0 bridgehead atoms. The van der Waals surface area contributed by atoms with Gasteiger partial charge in [0.2, 0.25) is 5.78 Å². The van der Waals surface area contributed by atoms with Crippen LogP contribution >= 0.6 is 0 Å². The molecule has 0 saturated heterocycles. The number of halogens is 1. The van der Waals surface area contributed by atoms with Crippen molar-refractivity contribution >= 4 is 5.78 Å². The van der Waals surface area contributed by atoms with Gasteiger partial charge in [0.25, 0.3) is 0 Å². The third-order valence-corrected chi connectivity index (χ3v) is 4.10. The van der Waals surface area contributed by atoms with E-state index < -0.39 is 0 Å². The van der Waals surface area contributed by atoms with E-state index in [0.717, 1.165) is 11.3 Å². The summed E-state index contributed by atoms with van der Waals surface area (Å²) in [5.41, 5.74) is 3.78. The number of carbonyl (C=O) groups is 1. The van der Waals surface area contributed by atoms with E-state index in [4.69, 9.17) is 0 Å². The van der Waals surface area contributed by atoms with Crippen LogP contribution in [0.15, 0.2) is 60.7 Å². The molecule has 0 aliphatic heterocycles. The van der Waals surface area contributed by atoms with Crippen LogP contribution in [-0.4, -0.2) is 10.4 Å². The first-order valence-corrected chi connectivity index (χ1v) is 7.56. The molecule has 2 aromatic carbocycles. The number of benzene rings is 2. The number of nitrogens with zero attached hydrogens (tertiary/aromatic N) is 1. The summed E-state index contributed by atoms with van der Waals surface area (Å²) in [6, 6.07) is 17.9. The minimum Gasteiger partial charge on any atom is -0.344 e. The van der Waals surface area contributed by atoms with Crippen LogP contribution in [-0.2, 0) is 13.5 Å². The third kappa shape index (κ3) is 2.95. The highest BCUT2D eigenvalue weighted by atomic mass is 19.1. The minimum atomic E-state index is -0.220. The molecule has 23 heavy (non-hydrogen) atoms. The van der Waals surface area contributed by atoms with Gasteiger partial charge < -0.3 is 4.57 Å². The molecule has 0 atom stereocenters. The molecule has 0 saturated carbocycles. The standard InChI is InChI=1S/C20H18FNO/c1-14-12-17(13-16-10-6-7-11-18(16)21)22(2)19(14)20(23)15-8-4-3-5-9-15/h3-12H,13H2,1-2H3. The van der Waals surface area contributed by atoms with Gasteiger partial charge in [0, 0.05) is 24.7 Å². The molecular formula is C20H18FNO. The highest BCUT2D eigenvalue weighted by molar-refractivity contribution is 6.09. The summed E-state index contributed by atoms with van der Waals surface area (Å²) in [6.45, 7) is 1.92. The van der Waals surface area contributed by atoms with Gasteiger partial charge in [0.1, 0.15) is 5.82 Å². The zero-order valence-electron chi connectivity index (χ0n) is 13.2. The topological polar surface area (TPSA) is 22.0 Å². The summed E-state index contributed by atoms with van der Waals surface area (Å²) in [5.74, 6) is -0.229. The Morgan fingerprint density at radius 2 is 1.70 bits per heavy atom. The Morgan fingerprint density at radius 1 is 1.04 bits per heavy atom. The van der Waals surface area contributed by atoms with Crippen molar-refractivity contribution in [3.63, 3.8) is 0 Å². The maximum absolute atomic E-state index is 13.9. The van der Waals surface area contributed by atoms with Crippen LogP contribution in [0.1, 0.15) is 32.9 Å². The fraction of sp³-hybridized carbons (Fsp3) is 0.150. The summed E-state index contributed by atoms with van der Waals surface area (Å²) in [4.78, 5) is 12.7. The smallest absolute Gasteiger partial charge is 0.209 e. The van der Waals surface area contributed by atoms with E-state index >= 15 is 0 Å².